The largest absolute Gasteiger partial charge is 0.311 e. The third-order valence-corrected chi connectivity index (χ3v) is 2.10. The lowest BCUT2D eigenvalue weighted by Crippen LogP contribution is -2.11. The Bertz CT molecular complexity index is 339. The molecule has 2 rings (SSSR count). The second kappa shape index (κ2) is 2.73. The molecule has 64 valence electrons. The molecule has 1 aromatic heterocycles. The Morgan fingerprint density at radius 3 is 3.00 bits per heavy atom. The maximum absolute atomic E-state index is 11.0. The zero-order valence-electron chi connectivity index (χ0n) is 7.13. The number of H-pyrrole nitrogens is 1. The molecule has 1 aliphatic carbocycles. The van der Waals surface area contributed by atoms with Crippen molar-refractivity contribution in [3.05, 3.63) is 27.9 Å². The Labute approximate surface area is 70.9 Å². The SMILES string of the molecule is Cc1cc(=O)[nH]c(CC2CC2)n1. The van der Waals surface area contributed by atoms with Crippen molar-refractivity contribution in [1.29, 1.82) is 0 Å². The maximum Gasteiger partial charge on any atom is 0.251 e. The summed E-state index contributed by atoms with van der Waals surface area (Å²) in [5.74, 6) is 1.62. The minimum absolute atomic E-state index is 0.0295. The van der Waals surface area contributed by atoms with E-state index in [0.29, 0.717) is 0 Å². The molecule has 0 radical (unpaired) electrons. The highest BCUT2D eigenvalue weighted by atomic mass is 16.1. The standard InChI is InChI=1S/C9H12N2O/c1-6-4-9(12)11-8(10-6)5-7-2-3-7/h4,7H,2-3,5H2,1H3,(H,10,11,12). The summed E-state index contributed by atoms with van der Waals surface area (Å²) in [5.41, 5.74) is 0.785. The molecule has 1 N–H and O–H groups in total. The van der Waals surface area contributed by atoms with E-state index in [1.54, 1.807) is 0 Å². The molecule has 1 aliphatic rings. The predicted molar refractivity (Wildman–Crippen MR) is 46.0 cm³/mol. The summed E-state index contributed by atoms with van der Waals surface area (Å²) in [7, 11) is 0. The van der Waals surface area contributed by atoms with Crippen molar-refractivity contribution >= 4 is 0 Å². The van der Waals surface area contributed by atoms with Crippen LogP contribution in [0.3, 0.4) is 0 Å². The van der Waals surface area contributed by atoms with Gasteiger partial charge >= 0.3 is 0 Å². The Hall–Kier alpha value is -1.12. The van der Waals surface area contributed by atoms with E-state index < -0.39 is 0 Å². The molecule has 3 nitrogen and oxygen atoms in total. The number of nitrogens with one attached hydrogen (secondary N) is 1. The third-order valence-electron chi connectivity index (χ3n) is 2.10. The molecular formula is C9H12N2O. The first-order valence-corrected chi connectivity index (χ1v) is 4.31. The lowest BCUT2D eigenvalue weighted by Gasteiger charge is -1.98. The van der Waals surface area contributed by atoms with Crippen LogP contribution in [0.1, 0.15) is 24.4 Å². The second-order valence-electron chi connectivity index (χ2n) is 3.48. The minimum Gasteiger partial charge on any atom is -0.311 e. The number of aromatic nitrogens is 2. The smallest absolute Gasteiger partial charge is 0.251 e. The molecule has 0 aromatic carbocycles. The van der Waals surface area contributed by atoms with E-state index in [1.165, 1.54) is 18.9 Å². The molecule has 3 heteroatoms. The van der Waals surface area contributed by atoms with Crippen LogP contribution in [-0.4, -0.2) is 9.97 Å². The summed E-state index contributed by atoms with van der Waals surface area (Å²) in [5, 5.41) is 0. The first-order valence-electron chi connectivity index (χ1n) is 4.31. The topological polar surface area (TPSA) is 45.8 Å². The summed E-state index contributed by atoms with van der Waals surface area (Å²) in [4.78, 5) is 18.0. The first kappa shape index (κ1) is 7.53. The zero-order valence-corrected chi connectivity index (χ0v) is 7.13. The molecule has 1 aromatic rings. The quantitative estimate of drug-likeness (QED) is 0.709. The van der Waals surface area contributed by atoms with E-state index in [9.17, 15) is 4.79 Å². The number of hydrogen-bond donors (Lipinski definition) is 1. The van der Waals surface area contributed by atoms with Gasteiger partial charge in [-0.1, -0.05) is 0 Å². The highest BCUT2D eigenvalue weighted by Gasteiger charge is 2.22. The zero-order chi connectivity index (χ0) is 8.55. The van der Waals surface area contributed by atoms with Crippen LogP contribution < -0.4 is 5.56 Å². The number of aryl methyl sites for hydroxylation is 1. The van der Waals surface area contributed by atoms with Crippen molar-refractivity contribution in [1.82, 2.24) is 9.97 Å². The van der Waals surface area contributed by atoms with E-state index in [2.05, 4.69) is 9.97 Å². The number of hydrogen-bond acceptors (Lipinski definition) is 2. The van der Waals surface area contributed by atoms with Crippen molar-refractivity contribution in [2.24, 2.45) is 5.92 Å². The molecule has 0 aliphatic heterocycles. The Morgan fingerprint density at radius 1 is 1.67 bits per heavy atom. The van der Waals surface area contributed by atoms with Crippen LogP contribution in [0.5, 0.6) is 0 Å². The highest BCUT2D eigenvalue weighted by Crippen LogP contribution is 2.31. The molecular weight excluding hydrogens is 152 g/mol. The molecule has 1 saturated carbocycles. The molecule has 0 amide bonds. The summed E-state index contributed by atoms with van der Waals surface area (Å²) < 4.78 is 0. The van der Waals surface area contributed by atoms with Crippen LogP contribution in [-0.2, 0) is 6.42 Å². The van der Waals surface area contributed by atoms with Gasteiger partial charge < -0.3 is 4.98 Å². The average Bonchev–Trinajstić information content (AvgIpc) is 2.68. The van der Waals surface area contributed by atoms with Gasteiger partial charge in [0, 0.05) is 18.2 Å². The summed E-state index contributed by atoms with van der Waals surface area (Å²) >= 11 is 0. The van der Waals surface area contributed by atoms with Crippen LogP contribution in [0.15, 0.2) is 10.9 Å². The van der Waals surface area contributed by atoms with Crippen molar-refractivity contribution in [2.45, 2.75) is 26.2 Å². The average molecular weight is 164 g/mol. The van der Waals surface area contributed by atoms with Crippen LogP contribution in [0, 0.1) is 12.8 Å². The third kappa shape index (κ3) is 1.72. The first-order chi connectivity index (χ1) is 5.74. The van der Waals surface area contributed by atoms with Gasteiger partial charge in [-0.25, -0.2) is 4.98 Å². The van der Waals surface area contributed by atoms with Crippen molar-refractivity contribution in [3.63, 3.8) is 0 Å². The van der Waals surface area contributed by atoms with Gasteiger partial charge in [0.2, 0.25) is 0 Å². The molecule has 1 heterocycles. The van der Waals surface area contributed by atoms with Gasteiger partial charge in [-0.3, -0.25) is 4.79 Å². The van der Waals surface area contributed by atoms with Crippen LogP contribution >= 0.6 is 0 Å². The number of aromatic amines is 1. The second-order valence-corrected chi connectivity index (χ2v) is 3.48. The Balaban J connectivity index is 2.23. The lowest BCUT2D eigenvalue weighted by molar-refractivity contribution is 0.757. The van der Waals surface area contributed by atoms with Gasteiger partial charge in [-0.05, 0) is 25.7 Å². The van der Waals surface area contributed by atoms with E-state index in [4.69, 9.17) is 0 Å². The van der Waals surface area contributed by atoms with Crippen molar-refractivity contribution in [3.8, 4) is 0 Å². The van der Waals surface area contributed by atoms with E-state index in [0.717, 1.165) is 23.9 Å². The number of nitrogens with zero attached hydrogens (tertiary/aromatic N) is 1. The van der Waals surface area contributed by atoms with Gasteiger partial charge in [0.05, 0.1) is 0 Å². The minimum atomic E-state index is -0.0295. The molecule has 0 unspecified atom stereocenters. The van der Waals surface area contributed by atoms with Gasteiger partial charge in [0.15, 0.2) is 0 Å². The Kier molecular flexibility index (Phi) is 1.71. The Morgan fingerprint density at radius 2 is 2.42 bits per heavy atom. The maximum atomic E-state index is 11.0. The monoisotopic (exact) mass is 164 g/mol. The molecule has 0 saturated heterocycles. The van der Waals surface area contributed by atoms with E-state index in [-0.39, 0.29) is 5.56 Å². The fraction of sp³-hybridized carbons (Fsp3) is 0.556. The molecule has 0 bridgehead atoms. The predicted octanol–water partition coefficient (Wildman–Crippen LogP) is 1.03. The summed E-state index contributed by atoms with van der Waals surface area (Å²) in [6, 6.07) is 1.52. The van der Waals surface area contributed by atoms with Gasteiger partial charge in [-0.2, -0.15) is 0 Å². The van der Waals surface area contributed by atoms with Crippen molar-refractivity contribution < 1.29 is 0 Å². The fourth-order valence-corrected chi connectivity index (χ4v) is 1.33. The summed E-state index contributed by atoms with van der Waals surface area (Å²) in [6.07, 6.45) is 3.52. The molecule has 0 spiro atoms. The van der Waals surface area contributed by atoms with Crippen LogP contribution in [0.2, 0.25) is 0 Å². The highest BCUT2D eigenvalue weighted by molar-refractivity contribution is 5.01. The molecule has 0 atom stereocenters. The van der Waals surface area contributed by atoms with Crippen molar-refractivity contribution in [2.75, 3.05) is 0 Å². The summed E-state index contributed by atoms with van der Waals surface area (Å²) in [6.45, 7) is 1.85. The lowest BCUT2D eigenvalue weighted by atomic mass is 10.3. The van der Waals surface area contributed by atoms with E-state index in [1.807, 2.05) is 6.92 Å². The normalized spacial score (nSPS) is 16.4. The fourth-order valence-electron chi connectivity index (χ4n) is 1.33. The molecule has 1 fully saturated rings. The van der Waals surface area contributed by atoms with Crippen LogP contribution in [0.4, 0.5) is 0 Å². The van der Waals surface area contributed by atoms with Gasteiger partial charge in [0.1, 0.15) is 5.82 Å². The van der Waals surface area contributed by atoms with Gasteiger partial charge in [-0.15, -0.1) is 0 Å². The number of rotatable bonds is 2. The molecule has 12 heavy (non-hydrogen) atoms. The van der Waals surface area contributed by atoms with Crippen LogP contribution in [0.25, 0.3) is 0 Å². The van der Waals surface area contributed by atoms with E-state index >= 15 is 0 Å². The van der Waals surface area contributed by atoms with Gasteiger partial charge in [0.25, 0.3) is 5.56 Å².